The third-order valence-electron chi connectivity index (χ3n) is 4.28. The van der Waals surface area contributed by atoms with Gasteiger partial charge in [-0.25, -0.2) is 0 Å². The molecule has 1 aliphatic rings. The Kier molecular flexibility index (Phi) is 4.25. The second kappa shape index (κ2) is 5.74. The second-order valence-electron chi connectivity index (χ2n) is 5.91. The Bertz CT molecular complexity index is 462. The molecule has 0 atom stereocenters. The number of piperidine rings is 1. The van der Waals surface area contributed by atoms with Crippen LogP contribution >= 0.6 is 0 Å². The minimum Gasteiger partial charge on any atom is -0.352 e. The van der Waals surface area contributed by atoms with E-state index < -0.39 is 0 Å². The molecule has 1 aromatic rings. The van der Waals surface area contributed by atoms with Crippen LogP contribution in [0.5, 0.6) is 0 Å². The molecule has 0 saturated carbocycles. The first-order valence-corrected chi connectivity index (χ1v) is 7.06. The highest BCUT2D eigenvalue weighted by Gasteiger charge is 2.34. The zero-order valence-corrected chi connectivity index (χ0v) is 12.2. The van der Waals surface area contributed by atoms with E-state index in [0.717, 1.165) is 25.9 Å². The van der Waals surface area contributed by atoms with Crippen LogP contribution in [0.25, 0.3) is 0 Å². The van der Waals surface area contributed by atoms with Crippen molar-refractivity contribution in [1.82, 2.24) is 10.6 Å². The van der Waals surface area contributed by atoms with Crippen molar-refractivity contribution >= 4 is 5.91 Å². The predicted octanol–water partition coefficient (Wildman–Crippen LogP) is 2.31. The molecule has 3 nitrogen and oxygen atoms in total. The van der Waals surface area contributed by atoms with Gasteiger partial charge in [-0.1, -0.05) is 25.1 Å². The van der Waals surface area contributed by atoms with Crippen molar-refractivity contribution in [1.29, 1.82) is 0 Å². The molecule has 0 aliphatic carbocycles. The highest BCUT2D eigenvalue weighted by atomic mass is 16.2. The van der Waals surface area contributed by atoms with Crippen LogP contribution in [0.15, 0.2) is 18.2 Å². The minimum absolute atomic E-state index is 0.187. The van der Waals surface area contributed by atoms with Gasteiger partial charge in [0.25, 0.3) is 0 Å². The Morgan fingerprint density at radius 1 is 1.26 bits per heavy atom. The van der Waals surface area contributed by atoms with Crippen LogP contribution < -0.4 is 10.6 Å². The monoisotopic (exact) mass is 260 g/mol. The second-order valence-corrected chi connectivity index (χ2v) is 5.91. The summed E-state index contributed by atoms with van der Waals surface area (Å²) in [5.74, 6) is 0.187. The van der Waals surface area contributed by atoms with Crippen molar-refractivity contribution in [2.24, 2.45) is 5.41 Å². The summed E-state index contributed by atoms with van der Waals surface area (Å²) in [6.07, 6.45) is 1.84. The number of amides is 1. The molecule has 1 saturated heterocycles. The van der Waals surface area contributed by atoms with Crippen LogP contribution in [0.3, 0.4) is 0 Å². The first-order chi connectivity index (χ1) is 9.01. The van der Waals surface area contributed by atoms with E-state index in [2.05, 4.69) is 49.6 Å². The number of aryl methyl sites for hydroxylation is 2. The highest BCUT2D eigenvalue weighted by molar-refractivity contribution is 5.82. The maximum absolute atomic E-state index is 12.3. The smallest absolute Gasteiger partial charge is 0.226 e. The molecule has 1 aliphatic heterocycles. The Morgan fingerprint density at radius 3 is 2.58 bits per heavy atom. The molecule has 0 aromatic heterocycles. The number of rotatable bonds is 3. The first kappa shape index (κ1) is 14.1. The zero-order chi connectivity index (χ0) is 13.9. The fourth-order valence-corrected chi connectivity index (χ4v) is 2.51. The van der Waals surface area contributed by atoms with Gasteiger partial charge in [-0.3, -0.25) is 4.79 Å². The Morgan fingerprint density at radius 2 is 1.95 bits per heavy atom. The van der Waals surface area contributed by atoms with Gasteiger partial charge in [-0.2, -0.15) is 0 Å². The van der Waals surface area contributed by atoms with Gasteiger partial charge in [0.15, 0.2) is 0 Å². The van der Waals surface area contributed by atoms with E-state index in [9.17, 15) is 4.79 Å². The molecule has 0 radical (unpaired) electrons. The van der Waals surface area contributed by atoms with Crippen molar-refractivity contribution in [2.45, 2.75) is 40.2 Å². The molecule has 1 fully saturated rings. The maximum atomic E-state index is 12.3. The summed E-state index contributed by atoms with van der Waals surface area (Å²) in [5.41, 5.74) is 3.54. The zero-order valence-electron chi connectivity index (χ0n) is 12.2. The molecule has 2 rings (SSSR count). The van der Waals surface area contributed by atoms with E-state index in [4.69, 9.17) is 0 Å². The molecule has 1 amide bonds. The molecule has 1 heterocycles. The van der Waals surface area contributed by atoms with Crippen LogP contribution in [-0.4, -0.2) is 19.0 Å². The molecule has 0 bridgehead atoms. The summed E-state index contributed by atoms with van der Waals surface area (Å²) in [5, 5.41) is 6.39. The summed E-state index contributed by atoms with van der Waals surface area (Å²) < 4.78 is 0. The molecule has 3 heteroatoms. The number of carbonyl (C=O) groups is 1. The number of hydrogen-bond donors (Lipinski definition) is 2. The Balaban J connectivity index is 1.94. The summed E-state index contributed by atoms with van der Waals surface area (Å²) in [7, 11) is 0. The molecule has 0 unspecified atom stereocenters. The SMILES string of the molecule is Cc1ccc(CNC(=O)C2(C)CCNCC2)cc1C. The first-order valence-electron chi connectivity index (χ1n) is 7.06. The fraction of sp³-hybridized carbons (Fsp3) is 0.562. The van der Waals surface area contributed by atoms with E-state index in [-0.39, 0.29) is 11.3 Å². The molecular formula is C16H24N2O. The summed E-state index contributed by atoms with van der Waals surface area (Å²) in [4.78, 5) is 12.3. The van der Waals surface area contributed by atoms with Gasteiger partial charge in [0.1, 0.15) is 0 Å². The third-order valence-corrected chi connectivity index (χ3v) is 4.28. The minimum atomic E-state index is -0.203. The highest BCUT2D eigenvalue weighted by Crippen LogP contribution is 2.28. The van der Waals surface area contributed by atoms with Crippen molar-refractivity contribution in [3.05, 3.63) is 34.9 Å². The van der Waals surface area contributed by atoms with Crippen molar-refractivity contribution < 1.29 is 4.79 Å². The van der Waals surface area contributed by atoms with Crippen LogP contribution in [-0.2, 0) is 11.3 Å². The lowest BCUT2D eigenvalue weighted by Crippen LogP contribution is -2.45. The van der Waals surface area contributed by atoms with Crippen LogP contribution in [0.4, 0.5) is 0 Å². The summed E-state index contributed by atoms with van der Waals surface area (Å²) in [6, 6.07) is 6.36. The van der Waals surface area contributed by atoms with Gasteiger partial charge in [0, 0.05) is 12.0 Å². The van der Waals surface area contributed by atoms with Gasteiger partial charge in [0.2, 0.25) is 5.91 Å². The molecule has 1 aromatic carbocycles. The molecule has 0 spiro atoms. The van der Waals surface area contributed by atoms with E-state index in [1.165, 1.54) is 16.7 Å². The lowest BCUT2D eigenvalue weighted by atomic mass is 9.80. The van der Waals surface area contributed by atoms with E-state index in [0.29, 0.717) is 6.54 Å². The van der Waals surface area contributed by atoms with Crippen molar-refractivity contribution in [3.8, 4) is 0 Å². The molecule has 2 N–H and O–H groups in total. The van der Waals surface area contributed by atoms with Gasteiger partial charge in [-0.05, 0) is 56.5 Å². The summed E-state index contributed by atoms with van der Waals surface area (Å²) in [6.45, 7) is 8.79. The lowest BCUT2D eigenvalue weighted by molar-refractivity contribution is -0.131. The largest absolute Gasteiger partial charge is 0.352 e. The standard InChI is InChI=1S/C16H24N2O/c1-12-4-5-14(10-13(12)2)11-18-15(19)16(3)6-8-17-9-7-16/h4-5,10,17H,6-9,11H2,1-3H3,(H,18,19). The van der Waals surface area contributed by atoms with E-state index in [1.807, 2.05) is 0 Å². The van der Waals surface area contributed by atoms with Gasteiger partial charge in [0.05, 0.1) is 0 Å². The van der Waals surface area contributed by atoms with E-state index in [1.54, 1.807) is 0 Å². The number of benzene rings is 1. The molecule has 104 valence electrons. The average molecular weight is 260 g/mol. The lowest BCUT2D eigenvalue weighted by Gasteiger charge is -2.32. The van der Waals surface area contributed by atoms with Crippen LogP contribution in [0.2, 0.25) is 0 Å². The van der Waals surface area contributed by atoms with Gasteiger partial charge >= 0.3 is 0 Å². The number of hydrogen-bond acceptors (Lipinski definition) is 2. The Labute approximate surface area is 115 Å². The number of nitrogens with one attached hydrogen (secondary N) is 2. The van der Waals surface area contributed by atoms with Crippen molar-refractivity contribution in [2.75, 3.05) is 13.1 Å². The topological polar surface area (TPSA) is 41.1 Å². The van der Waals surface area contributed by atoms with Gasteiger partial charge < -0.3 is 10.6 Å². The van der Waals surface area contributed by atoms with Gasteiger partial charge in [-0.15, -0.1) is 0 Å². The van der Waals surface area contributed by atoms with Crippen LogP contribution in [0, 0.1) is 19.3 Å². The summed E-state index contributed by atoms with van der Waals surface area (Å²) >= 11 is 0. The average Bonchev–Trinajstić information content (AvgIpc) is 2.40. The maximum Gasteiger partial charge on any atom is 0.226 e. The fourth-order valence-electron chi connectivity index (χ4n) is 2.51. The normalized spacial score (nSPS) is 18.1. The predicted molar refractivity (Wildman–Crippen MR) is 78.0 cm³/mol. The molecule has 19 heavy (non-hydrogen) atoms. The molecular weight excluding hydrogens is 236 g/mol. The van der Waals surface area contributed by atoms with Crippen molar-refractivity contribution in [3.63, 3.8) is 0 Å². The quantitative estimate of drug-likeness (QED) is 0.875. The third kappa shape index (κ3) is 3.35. The Hall–Kier alpha value is -1.35. The van der Waals surface area contributed by atoms with E-state index >= 15 is 0 Å². The van der Waals surface area contributed by atoms with Crippen LogP contribution in [0.1, 0.15) is 36.5 Å². The number of carbonyl (C=O) groups excluding carboxylic acids is 1.